The Morgan fingerprint density at radius 3 is 3.18 bits per heavy atom. The first-order valence-electron chi connectivity index (χ1n) is 5.54. The Labute approximate surface area is 99.3 Å². The molecular weight excluding hydrogens is 218 g/mol. The van der Waals surface area contributed by atoms with Crippen molar-refractivity contribution >= 4 is 11.7 Å². The number of hydrogen-bond acceptors (Lipinski definition) is 4. The molecule has 1 N–H and O–H groups in total. The highest BCUT2D eigenvalue weighted by atomic mass is 16.4. The molecule has 2 heterocycles. The van der Waals surface area contributed by atoms with E-state index in [1.165, 1.54) is 0 Å². The van der Waals surface area contributed by atoms with E-state index in [4.69, 9.17) is 10.4 Å². The van der Waals surface area contributed by atoms with E-state index in [2.05, 4.69) is 11.1 Å². The highest BCUT2D eigenvalue weighted by Crippen LogP contribution is 2.25. The van der Waals surface area contributed by atoms with Crippen molar-refractivity contribution in [2.45, 2.75) is 12.8 Å². The fourth-order valence-corrected chi connectivity index (χ4v) is 2.13. The Hall–Kier alpha value is -2.09. The van der Waals surface area contributed by atoms with Crippen LogP contribution in [0.25, 0.3) is 0 Å². The Morgan fingerprint density at radius 2 is 2.47 bits per heavy atom. The van der Waals surface area contributed by atoms with E-state index in [0.29, 0.717) is 18.5 Å². The lowest BCUT2D eigenvalue weighted by Gasteiger charge is -2.32. The molecule has 1 aromatic rings. The maximum Gasteiger partial charge on any atom is 0.308 e. The summed E-state index contributed by atoms with van der Waals surface area (Å²) in [4.78, 5) is 16.9. The van der Waals surface area contributed by atoms with Gasteiger partial charge in [0.15, 0.2) is 0 Å². The predicted molar refractivity (Wildman–Crippen MR) is 61.5 cm³/mol. The molecule has 1 saturated heterocycles. The summed E-state index contributed by atoms with van der Waals surface area (Å²) in [5.74, 6) is -1.12. The molecule has 0 aromatic carbocycles. The number of carboxylic acids is 1. The predicted octanol–water partition coefficient (Wildman–Crippen LogP) is 1.25. The minimum Gasteiger partial charge on any atom is -0.481 e. The van der Waals surface area contributed by atoms with Crippen LogP contribution in [0.3, 0.4) is 0 Å². The summed E-state index contributed by atoms with van der Waals surface area (Å²) >= 11 is 0. The molecule has 1 aliphatic heterocycles. The smallest absolute Gasteiger partial charge is 0.308 e. The molecule has 88 valence electrons. The lowest BCUT2D eigenvalue weighted by atomic mass is 9.97. The fraction of sp³-hybridized carbons (Fsp3) is 0.417. The summed E-state index contributed by atoms with van der Waals surface area (Å²) < 4.78 is 0. The summed E-state index contributed by atoms with van der Waals surface area (Å²) in [5.41, 5.74) is 1.28. The molecule has 1 fully saturated rings. The Morgan fingerprint density at radius 1 is 1.65 bits per heavy atom. The van der Waals surface area contributed by atoms with Crippen molar-refractivity contribution in [1.82, 2.24) is 4.98 Å². The number of carboxylic acid groups (broad SMARTS) is 1. The van der Waals surface area contributed by atoms with Crippen molar-refractivity contribution in [1.29, 1.82) is 5.26 Å². The van der Waals surface area contributed by atoms with Crippen LogP contribution in [0.4, 0.5) is 5.69 Å². The summed E-state index contributed by atoms with van der Waals surface area (Å²) in [5, 5.41) is 18.0. The molecule has 5 nitrogen and oxygen atoms in total. The Kier molecular flexibility index (Phi) is 3.24. The molecule has 0 radical (unpaired) electrons. The van der Waals surface area contributed by atoms with Crippen molar-refractivity contribution in [2.75, 3.05) is 18.0 Å². The second-order valence-electron chi connectivity index (χ2n) is 4.13. The molecule has 17 heavy (non-hydrogen) atoms. The number of pyridine rings is 1. The van der Waals surface area contributed by atoms with Gasteiger partial charge in [-0.2, -0.15) is 5.26 Å². The van der Waals surface area contributed by atoms with E-state index in [1.54, 1.807) is 18.5 Å². The minimum absolute atomic E-state index is 0.351. The first-order chi connectivity index (χ1) is 8.22. The quantitative estimate of drug-likeness (QED) is 0.829. The van der Waals surface area contributed by atoms with Crippen LogP contribution in [-0.2, 0) is 4.79 Å². The molecular formula is C12H13N3O2. The van der Waals surface area contributed by atoms with Crippen LogP contribution in [0.2, 0.25) is 0 Å². The molecule has 5 heteroatoms. The van der Waals surface area contributed by atoms with Gasteiger partial charge < -0.3 is 10.0 Å². The third-order valence-electron chi connectivity index (χ3n) is 3.03. The summed E-state index contributed by atoms with van der Waals surface area (Å²) in [7, 11) is 0. The molecule has 0 bridgehead atoms. The van der Waals surface area contributed by atoms with Crippen molar-refractivity contribution < 1.29 is 9.90 Å². The largest absolute Gasteiger partial charge is 0.481 e. The molecule has 0 saturated carbocycles. The minimum atomic E-state index is -0.767. The standard InChI is InChI=1S/C12H13N3O2/c13-6-9-3-4-14-7-11(9)15-5-1-2-10(8-15)12(16)17/h3-4,7,10H,1-2,5,8H2,(H,16,17). The topological polar surface area (TPSA) is 77.2 Å². The molecule has 0 amide bonds. The normalized spacial score (nSPS) is 19.7. The van der Waals surface area contributed by atoms with E-state index < -0.39 is 5.97 Å². The number of rotatable bonds is 2. The second kappa shape index (κ2) is 4.83. The summed E-state index contributed by atoms with van der Waals surface area (Å²) in [6.07, 6.45) is 4.73. The van der Waals surface area contributed by atoms with E-state index in [1.807, 2.05) is 4.90 Å². The van der Waals surface area contributed by atoms with Gasteiger partial charge in [-0.25, -0.2) is 0 Å². The van der Waals surface area contributed by atoms with Crippen LogP contribution in [-0.4, -0.2) is 29.1 Å². The Bertz CT molecular complexity index is 467. The van der Waals surface area contributed by atoms with Crippen molar-refractivity contribution in [3.63, 3.8) is 0 Å². The van der Waals surface area contributed by atoms with E-state index in [9.17, 15) is 4.79 Å². The number of piperidine rings is 1. The number of nitriles is 1. The van der Waals surface area contributed by atoms with E-state index >= 15 is 0 Å². The van der Waals surface area contributed by atoms with Crippen molar-refractivity contribution in [3.8, 4) is 6.07 Å². The van der Waals surface area contributed by atoms with Crippen molar-refractivity contribution in [3.05, 3.63) is 24.0 Å². The summed E-state index contributed by atoms with van der Waals surface area (Å²) in [6.45, 7) is 1.24. The fourth-order valence-electron chi connectivity index (χ4n) is 2.13. The third-order valence-corrected chi connectivity index (χ3v) is 3.03. The maximum absolute atomic E-state index is 11.0. The lowest BCUT2D eigenvalue weighted by Crippen LogP contribution is -2.39. The molecule has 1 unspecified atom stereocenters. The van der Waals surface area contributed by atoms with Gasteiger partial charge in [-0.05, 0) is 18.9 Å². The number of carbonyl (C=O) groups is 1. The monoisotopic (exact) mass is 231 g/mol. The van der Waals surface area contributed by atoms with E-state index in [-0.39, 0.29) is 5.92 Å². The van der Waals surface area contributed by atoms with Crippen LogP contribution in [0.5, 0.6) is 0 Å². The van der Waals surface area contributed by atoms with Gasteiger partial charge in [0, 0.05) is 19.3 Å². The maximum atomic E-state index is 11.0. The number of nitrogens with zero attached hydrogens (tertiary/aromatic N) is 3. The Balaban J connectivity index is 2.22. The van der Waals surface area contributed by atoms with Crippen LogP contribution in [0.15, 0.2) is 18.5 Å². The van der Waals surface area contributed by atoms with Gasteiger partial charge >= 0.3 is 5.97 Å². The van der Waals surface area contributed by atoms with Gasteiger partial charge in [0.2, 0.25) is 0 Å². The number of anilines is 1. The number of aromatic nitrogens is 1. The van der Waals surface area contributed by atoms with Crippen LogP contribution in [0.1, 0.15) is 18.4 Å². The van der Waals surface area contributed by atoms with E-state index in [0.717, 1.165) is 18.7 Å². The van der Waals surface area contributed by atoms with Gasteiger partial charge in [0.25, 0.3) is 0 Å². The number of hydrogen-bond donors (Lipinski definition) is 1. The molecule has 2 rings (SSSR count). The zero-order chi connectivity index (χ0) is 12.3. The molecule has 0 aliphatic carbocycles. The van der Waals surface area contributed by atoms with Crippen LogP contribution < -0.4 is 4.90 Å². The van der Waals surface area contributed by atoms with Gasteiger partial charge in [-0.15, -0.1) is 0 Å². The molecule has 1 atom stereocenters. The van der Waals surface area contributed by atoms with Crippen LogP contribution in [0, 0.1) is 17.2 Å². The average Bonchev–Trinajstić information content (AvgIpc) is 2.39. The van der Waals surface area contributed by atoms with Gasteiger partial charge in [-0.1, -0.05) is 0 Å². The molecule has 1 aliphatic rings. The number of aliphatic carboxylic acids is 1. The van der Waals surface area contributed by atoms with Crippen molar-refractivity contribution in [2.24, 2.45) is 5.92 Å². The second-order valence-corrected chi connectivity index (χ2v) is 4.13. The zero-order valence-electron chi connectivity index (χ0n) is 9.33. The average molecular weight is 231 g/mol. The molecule has 0 spiro atoms. The van der Waals surface area contributed by atoms with Gasteiger partial charge in [-0.3, -0.25) is 9.78 Å². The highest BCUT2D eigenvalue weighted by molar-refractivity contribution is 5.71. The third kappa shape index (κ3) is 2.36. The van der Waals surface area contributed by atoms with Crippen LogP contribution >= 0.6 is 0 Å². The first kappa shape index (κ1) is 11.4. The SMILES string of the molecule is N#Cc1ccncc1N1CCCC(C(=O)O)C1. The van der Waals surface area contributed by atoms with Gasteiger partial charge in [0.1, 0.15) is 6.07 Å². The zero-order valence-corrected chi connectivity index (χ0v) is 9.33. The molecule has 1 aromatic heterocycles. The lowest BCUT2D eigenvalue weighted by molar-refractivity contribution is -0.141. The summed E-state index contributed by atoms with van der Waals surface area (Å²) in [6, 6.07) is 3.76. The van der Waals surface area contributed by atoms with Gasteiger partial charge in [0.05, 0.1) is 23.4 Å². The first-order valence-corrected chi connectivity index (χ1v) is 5.54. The highest BCUT2D eigenvalue weighted by Gasteiger charge is 2.26.